The van der Waals surface area contributed by atoms with Gasteiger partial charge in [-0.3, -0.25) is 4.79 Å². The zero-order valence-electron chi connectivity index (χ0n) is 12.4. The Bertz CT molecular complexity index is 469. The number of hydrogen-bond acceptors (Lipinski definition) is 3. The minimum absolute atomic E-state index is 0.0539. The Morgan fingerprint density at radius 2 is 1.81 bits per heavy atom. The summed E-state index contributed by atoms with van der Waals surface area (Å²) in [4.78, 5) is 14.6. The van der Waals surface area contributed by atoms with Gasteiger partial charge in [0.25, 0.3) is 0 Å². The summed E-state index contributed by atoms with van der Waals surface area (Å²) >= 11 is 0. The molecule has 1 aromatic carbocycles. The summed E-state index contributed by atoms with van der Waals surface area (Å²) in [6.07, 6.45) is 4.08. The Balaban J connectivity index is 1.49. The zero-order chi connectivity index (χ0) is 14.7. The van der Waals surface area contributed by atoms with Crippen molar-refractivity contribution in [1.29, 1.82) is 0 Å². The number of nitrogens with zero attached hydrogens (tertiary/aromatic N) is 1. The first-order valence-electron chi connectivity index (χ1n) is 8.02. The summed E-state index contributed by atoms with van der Waals surface area (Å²) < 4.78 is 0. The average Bonchev–Trinajstić information content (AvgIpc) is 2.95. The van der Waals surface area contributed by atoms with Gasteiger partial charge in [-0.2, -0.15) is 0 Å². The van der Waals surface area contributed by atoms with Gasteiger partial charge in [-0.25, -0.2) is 0 Å². The van der Waals surface area contributed by atoms with E-state index >= 15 is 0 Å². The smallest absolute Gasteiger partial charge is 0.225 e. The van der Waals surface area contributed by atoms with Gasteiger partial charge in [-0.15, -0.1) is 0 Å². The van der Waals surface area contributed by atoms with Crippen LogP contribution in [0.25, 0.3) is 0 Å². The largest absolute Gasteiger partial charge is 0.392 e. The third kappa shape index (κ3) is 3.38. The summed E-state index contributed by atoms with van der Waals surface area (Å²) in [6, 6.07) is 10.7. The van der Waals surface area contributed by atoms with E-state index in [1.54, 1.807) is 0 Å². The van der Waals surface area contributed by atoms with E-state index < -0.39 is 6.10 Å². The van der Waals surface area contributed by atoms with E-state index in [0.29, 0.717) is 0 Å². The second kappa shape index (κ2) is 6.48. The molecule has 2 aliphatic rings. The number of nitrogens with one attached hydrogen (secondary N) is 1. The lowest BCUT2D eigenvalue weighted by atomic mass is 10.0. The molecule has 2 unspecified atom stereocenters. The van der Waals surface area contributed by atoms with Crippen LogP contribution in [0.3, 0.4) is 0 Å². The molecule has 0 radical (unpaired) electrons. The first kappa shape index (κ1) is 14.4. The highest BCUT2D eigenvalue weighted by molar-refractivity contribution is 5.79. The maximum atomic E-state index is 12.2. The fourth-order valence-electron chi connectivity index (χ4n) is 3.48. The fourth-order valence-corrected chi connectivity index (χ4v) is 3.48. The Morgan fingerprint density at radius 3 is 2.43 bits per heavy atom. The van der Waals surface area contributed by atoms with Crippen molar-refractivity contribution in [3.05, 3.63) is 30.3 Å². The SMILES string of the molecule is O=C(NC1CCN(c2ccccc2)CC1)C1CCCC1O. The van der Waals surface area contributed by atoms with E-state index in [2.05, 4.69) is 34.5 Å². The van der Waals surface area contributed by atoms with Crippen LogP contribution in [0.1, 0.15) is 32.1 Å². The van der Waals surface area contributed by atoms with Gasteiger partial charge >= 0.3 is 0 Å². The maximum absolute atomic E-state index is 12.2. The second-order valence-corrected chi connectivity index (χ2v) is 6.21. The molecular weight excluding hydrogens is 264 g/mol. The van der Waals surface area contributed by atoms with Crippen LogP contribution in [-0.4, -0.2) is 36.2 Å². The topological polar surface area (TPSA) is 52.6 Å². The average molecular weight is 288 g/mol. The lowest BCUT2D eigenvalue weighted by molar-refractivity contribution is -0.128. The third-order valence-electron chi connectivity index (χ3n) is 4.78. The molecule has 4 nitrogen and oxygen atoms in total. The van der Waals surface area contributed by atoms with Crippen molar-refractivity contribution in [3.8, 4) is 0 Å². The monoisotopic (exact) mass is 288 g/mol. The summed E-state index contributed by atoms with van der Waals surface area (Å²) in [6.45, 7) is 1.95. The summed E-state index contributed by atoms with van der Waals surface area (Å²) in [5.41, 5.74) is 1.26. The van der Waals surface area contributed by atoms with E-state index in [1.807, 2.05) is 6.07 Å². The predicted octanol–water partition coefficient (Wildman–Crippen LogP) is 1.93. The normalized spacial score (nSPS) is 26.8. The Kier molecular flexibility index (Phi) is 4.44. The molecule has 1 aliphatic heterocycles. The van der Waals surface area contributed by atoms with Gasteiger partial charge in [0.05, 0.1) is 12.0 Å². The number of carbonyl (C=O) groups is 1. The minimum atomic E-state index is -0.436. The molecule has 1 amide bonds. The number of rotatable bonds is 3. The highest BCUT2D eigenvalue weighted by Crippen LogP contribution is 2.26. The molecular formula is C17H24N2O2. The first-order valence-corrected chi connectivity index (χ1v) is 8.02. The second-order valence-electron chi connectivity index (χ2n) is 6.21. The standard InChI is InChI=1S/C17H24N2O2/c20-16-8-4-7-15(16)17(21)18-13-9-11-19(12-10-13)14-5-2-1-3-6-14/h1-3,5-6,13,15-16,20H,4,7-12H2,(H,18,21). The third-order valence-corrected chi connectivity index (χ3v) is 4.78. The molecule has 0 bridgehead atoms. The lowest BCUT2D eigenvalue weighted by Crippen LogP contribution is -2.47. The van der Waals surface area contributed by atoms with Gasteiger partial charge in [0.1, 0.15) is 0 Å². The fraction of sp³-hybridized carbons (Fsp3) is 0.588. The van der Waals surface area contributed by atoms with Gasteiger partial charge in [-0.1, -0.05) is 18.2 Å². The molecule has 0 aromatic heterocycles. The summed E-state index contributed by atoms with van der Waals surface area (Å²) in [5, 5.41) is 12.9. The van der Waals surface area contributed by atoms with Crippen LogP contribution in [0.2, 0.25) is 0 Å². The van der Waals surface area contributed by atoms with Gasteiger partial charge in [0, 0.05) is 24.8 Å². The molecule has 114 valence electrons. The maximum Gasteiger partial charge on any atom is 0.225 e. The van der Waals surface area contributed by atoms with Gasteiger partial charge in [-0.05, 0) is 44.2 Å². The number of benzene rings is 1. The van der Waals surface area contributed by atoms with E-state index in [1.165, 1.54) is 5.69 Å². The number of para-hydroxylation sites is 1. The number of hydrogen-bond donors (Lipinski definition) is 2. The molecule has 2 atom stereocenters. The molecule has 21 heavy (non-hydrogen) atoms. The van der Waals surface area contributed by atoms with E-state index in [-0.39, 0.29) is 17.9 Å². The minimum Gasteiger partial charge on any atom is -0.392 e. The lowest BCUT2D eigenvalue weighted by Gasteiger charge is -2.34. The molecule has 1 heterocycles. The van der Waals surface area contributed by atoms with Crippen molar-refractivity contribution in [3.63, 3.8) is 0 Å². The van der Waals surface area contributed by atoms with Gasteiger partial charge < -0.3 is 15.3 Å². The van der Waals surface area contributed by atoms with Crippen LogP contribution in [0, 0.1) is 5.92 Å². The molecule has 1 saturated carbocycles. The first-order chi connectivity index (χ1) is 10.2. The summed E-state index contributed by atoms with van der Waals surface area (Å²) in [7, 11) is 0. The van der Waals surface area contributed by atoms with Gasteiger partial charge in [0.2, 0.25) is 5.91 Å². The van der Waals surface area contributed by atoms with Crippen LogP contribution >= 0.6 is 0 Å². The van der Waals surface area contributed by atoms with Crippen LogP contribution < -0.4 is 10.2 Å². The quantitative estimate of drug-likeness (QED) is 0.893. The van der Waals surface area contributed by atoms with Crippen molar-refractivity contribution in [2.24, 2.45) is 5.92 Å². The number of carbonyl (C=O) groups excluding carboxylic acids is 1. The Hall–Kier alpha value is -1.55. The van der Waals surface area contributed by atoms with Crippen LogP contribution in [0.15, 0.2) is 30.3 Å². The van der Waals surface area contributed by atoms with Crippen molar-refractivity contribution in [2.75, 3.05) is 18.0 Å². The Labute approximate surface area is 126 Å². The number of piperidine rings is 1. The zero-order valence-corrected chi connectivity index (χ0v) is 12.4. The summed E-state index contributed by atoms with van der Waals surface area (Å²) in [5.74, 6) is -0.129. The molecule has 0 spiro atoms. The van der Waals surface area contributed by atoms with Crippen LogP contribution in [-0.2, 0) is 4.79 Å². The van der Waals surface area contributed by atoms with Gasteiger partial charge in [0.15, 0.2) is 0 Å². The van der Waals surface area contributed by atoms with Crippen molar-refractivity contribution in [1.82, 2.24) is 5.32 Å². The molecule has 1 saturated heterocycles. The van der Waals surface area contributed by atoms with Crippen LogP contribution in [0.5, 0.6) is 0 Å². The molecule has 1 aromatic rings. The van der Waals surface area contributed by atoms with Crippen molar-refractivity contribution >= 4 is 11.6 Å². The van der Waals surface area contributed by atoms with Crippen molar-refractivity contribution < 1.29 is 9.90 Å². The predicted molar refractivity (Wildman–Crippen MR) is 83.2 cm³/mol. The number of aliphatic hydroxyl groups is 1. The molecule has 2 fully saturated rings. The van der Waals surface area contributed by atoms with E-state index in [4.69, 9.17) is 0 Å². The molecule has 2 N–H and O–H groups in total. The van der Waals surface area contributed by atoms with E-state index in [0.717, 1.165) is 45.2 Å². The number of amides is 1. The number of aliphatic hydroxyl groups excluding tert-OH is 1. The van der Waals surface area contributed by atoms with Crippen molar-refractivity contribution in [2.45, 2.75) is 44.2 Å². The van der Waals surface area contributed by atoms with Crippen LogP contribution in [0.4, 0.5) is 5.69 Å². The molecule has 4 heteroatoms. The number of anilines is 1. The molecule has 3 rings (SSSR count). The highest BCUT2D eigenvalue weighted by Gasteiger charge is 2.33. The highest BCUT2D eigenvalue weighted by atomic mass is 16.3. The molecule has 1 aliphatic carbocycles. The Morgan fingerprint density at radius 1 is 1.10 bits per heavy atom. The van der Waals surface area contributed by atoms with E-state index in [9.17, 15) is 9.90 Å².